The Morgan fingerprint density at radius 1 is 1.39 bits per heavy atom. The summed E-state index contributed by atoms with van der Waals surface area (Å²) < 4.78 is 5.44. The summed E-state index contributed by atoms with van der Waals surface area (Å²) in [6.07, 6.45) is 4.88. The minimum Gasteiger partial charge on any atom is -0.381 e. The topological polar surface area (TPSA) is 51.4 Å². The van der Waals surface area contributed by atoms with Gasteiger partial charge in [0.1, 0.15) is 0 Å². The zero-order valence-corrected chi connectivity index (χ0v) is 11.1. The maximum Gasteiger partial charge on any atom is 0.0484 e. The third-order valence-electron chi connectivity index (χ3n) is 4.04. The summed E-state index contributed by atoms with van der Waals surface area (Å²) in [6.45, 7) is 3.35. The van der Waals surface area contributed by atoms with E-state index < -0.39 is 0 Å². The molecule has 0 aliphatic carbocycles. The Bertz CT molecular complexity index is 349. The molecule has 2 heterocycles. The Balaban J connectivity index is 1.91. The van der Waals surface area contributed by atoms with Crippen LogP contribution in [0.1, 0.15) is 18.5 Å². The summed E-state index contributed by atoms with van der Waals surface area (Å²) in [5.41, 5.74) is 7.26. The number of ether oxygens (including phenoxy) is 1. The normalized spacial score (nSPS) is 19.1. The highest BCUT2D eigenvalue weighted by atomic mass is 16.5. The zero-order valence-electron chi connectivity index (χ0n) is 11.1. The van der Waals surface area contributed by atoms with E-state index in [0.717, 1.165) is 44.7 Å². The highest BCUT2D eigenvalue weighted by molar-refractivity contribution is 5.04. The van der Waals surface area contributed by atoms with Gasteiger partial charge >= 0.3 is 0 Å². The molecular formula is C14H23N3O. The lowest BCUT2D eigenvalue weighted by Crippen LogP contribution is -2.55. The first-order chi connectivity index (χ1) is 8.77. The summed E-state index contributed by atoms with van der Waals surface area (Å²) in [7, 11) is 2.17. The number of nitrogens with zero attached hydrogens (tertiary/aromatic N) is 2. The summed E-state index contributed by atoms with van der Waals surface area (Å²) in [4.78, 5) is 6.75. The molecule has 100 valence electrons. The Hall–Kier alpha value is -0.970. The van der Waals surface area contributed by atoms with E-state index in [2.05, 4.69) is 23.0 Å². The Labute approximate surface area is 109 Å². The molecule has 0 atom stereocenters. The molecule has 0 aromatic carbocycles. The van der Waals surface area contributed by atoms with Gasteiger partial charge in [-0.25, -0.2) is 0 Å². The fourth-order valence-electron chi connectivity index (χ4n) is 2.56. The fourth-order valence-corrected chi connectivity index (χ4v) is 2.56. The van der Waals surface area contributed by atoms with Crippen LogP contribution in [-0.4, -0.2) is 48.8 Å². The maximum absolute atomic E-state index is 6.00. The lowest BCUT2D eigenvalue weighted by atomic mass is 9.88. The number of nitrogens with two attached hydrogens (primary N) is 1. The van der Waals surface area contributed by atoms with Gasteiger partial charge in [0.2, 0.25) is 0 Å². The van der Waals surface area contributed by atoms with Gasteiger partial charge in [-0.05, 0) is 32.0 Å². The van der Waals surface area contributed by atoms with Crippen LogP contribution >= 0.6 is 0 Å². The van der Waals surface area contributed by atoms with Gasteiger partial charge in [0.05, 0.1) is 0 Å². The van der Waals surface area contributed by atoms with E-state index in [0.29, 0.717) is 6.54 Å². The molecule has 0 amide bonds. The predicted molar refractivity (Wildman–Crippen MR) is 72.4 cm³/mol. The van der Waals surface area contributed by atoms with Crippen molar-refractivity contribution in [2.45, 2.75) is 24.8 Å². The van der Waals surface area contributed by atoms with Crippen molar-refractivity contribution in [3.8, 4) is 0 Å². The van der Waals surface area contributed by atoms with Crippen molar-refractivity contribution in [3.63, 3.8) is 0 Å². The molecule has 1 fully saturated rings. The maximum atomic E-state index is 6.00. The highest BCUT2D eigenvalue weighted by Crippen LogP contribution is 2.25. The Morgan fingerprint density at radius 2 is 2.17 bits per heavy atom. The number of rotatable bonds is 5. The molecule has 0 unspecified atom stereocenters. The quantitative estimate of drug-likeness (QED) is 0.848. The van der Waals surface area contributed by atoms with Crippen LogP contribution in [0.4, 0.5) is 0 Å². The first kappa shape index (κ1) is 13.5. The largest absolute Gasteiger partial charge is 0.381 e. The van der Waals surface area contributed by atoms with Crippen molar-refractivity contribution in [1.82, 2.24) is 9.88 Å². The van der Waals surface area contributed by atoms with Gasteiger partial charge in [0.15, 0.2) is 0 Å². The van der Waals surface area contributed by atoms with Crippen LogP contribution in [0.25, 0.3) is 0 Å². The third-order valence-corrected chi connectivity index (χ3v) is 4.04. The molecule has 1 aromatic rings. The average molecular weight is 249 g/mol. The zero-order chi connectivity index (χ0) is 12.8. The molecule has 1 saturated heterocycles. The molecule has 0 bridgehead atoms. The molecule has 0 spiro atoms. The molecular weight excluding hydrogens is 226 g/mol. The van der Waals surface area contributed by atoms with Crippen molar-refractivity contribution < 1.29 is 4.74 Å². The number of hydrogen-bond acceptors (Lipinski definition) is 4. The van der Waals surface area contributed by atoms with Gasteiger partial charge < -0.3 is 10.5 Å². The lowest BCUT2D eigenvalue weighted by Gasteiger charge is -2.43. The van der Waals surface area contributed by atoms with E-state index in [1.54, 1.807) is 0 Å². The molecule has 1 aromatic heterocycles. The fraction of sp³-hybridized carbons (Fsp3) is 0.643. The van der Waals surface area contributed by atoms with E-state index in [1.165, 1.54) is 0 Å². The third kappa shape index (κ3) is 3.07. The van der Waals surface area contributed by atoms with Crippen molar-refractivity contribution >= 4 is 0 Å². The van der Waals surface area contributed by atoms with Crippen molar-refractivity contribution in [2.24, 2.45) is 5.73 Å². The van der Waals surface area contributed by atoms with E-state index in [4.69, 9.17) is 10.5 Å². The van der Waals surface area contributed by atoms with Gasteiger partial charge in [-0.2, -0.15) is 0 Å². The second-order valence-electron chi connectivity index (χ2n) is 5.03. The van der Waals surface area contributed by atoms with E-state index >= 15 is 0 Å². The minimum atomic E-state index is 0.118. The molecule has 4 heteroatoms. The Kier molecular flexibility index (Phi) is 4.69. The van der Waals surface area contributed by atoms with E-state index in [1.807, 2.05) is 18.3 Å². The van der Waals surface area contributed by atoms with Gasteiger partial charge in [-0.15, -0.1) is 0 Å². The second kappa shape index (κ2) is 6.27. The lowest BCUT2D eigenvalue weighted by molar-refractivity contribution is -0.0126. The van der Waals surface area contributed by atoms with Gasteiger partial charge in [-0.1, -0.05) is 6.07 Å². The molecule has 2 rings (SSSR count). The standard InChI is InChI=1S/C14H23N3O/c1-17(9-5-13-4-2-3-8-16-13)14(12-15)6-10-18-11-7-14/h2-4,8H,5-7,9-12,15H2,1H3. The summed E-state index contributed by atoms with van der Waals surface area (Å²) in [5.74, 6) is 0. The molecule has 2 N–H and O–H groups in total. The number of aromatic nitrogens is 1. The van der Waals surface area contributed by atoms with Crippen LogP contribution in [-0.2, 0) is 11.2 Å². The molecule has 1 aliphatic heterocycles. The van der Waals surface area contributed by atoms with Crippen molar-refractivity contribution in [3.05, 3.63) is 30.1 Å². The van der Waals surface area contributed by atoms with Crippen LogP contribution in [0.3, 0.4) is 0 Å². The molecule has 0 radical (unpaired) electrons. The van der Waals surface area contributed by atoms with E-state index in [9.17, 15) is 0 Å². The first-order valence-corrected chi connectivity index (χ1v) is 6.66. The second-order valence-corrected chi connectivity index (χ2v) is 5.03. The molecule has 18 heavy (non-hydrogen) atoms. The van der Waals surface area contributed by atoms with Crippen LogP contribution < -0.4 is 5.73 Å². The number of likely N-dealkylation sites (N-methyl/N-ethyl adjacent to an activating group) is 1. The van der Waals surface area contributed by atoms with Gasteiger partial charge in [-0.3, -0.25) is 9.88 Å². The highest BCUT2D eigenvalue weighted by Gasteiger charge is 2.34. The molecule has 1 aliphatic rings. The van der Waals surface area contributed by atoms with Gasteiger partial charge in [0.25, 0.3) is 0 Å². The van der Waals surface area contributed by atoms with Crippen molar-refractivity contribution in [1.29, 1.82) is 0 Å². The van der Waals surface area contributed by atoms with Gasteiger partial charge in [0, 0.05) is 50.2 Å². The monoisotopic (exact) mass is 249 g/mol. The van der Waals surface area contributed by atoms with Crippen LogP contribution in [0, 0.1) is 0 Å². The van der Waals surface area contributed by atoms with Crippen LogP contribution in [0.2, 0.25) is 0 Å². The summed E-state index contributed by atoms with van der Waals surface area (Å²) in [6, 6.07) is 6.06. The number of hydrogen-bond donors (Lipinski definition) is 1. The summed E-state index contributed by atoms with van der Waals surface area (Å²) in [5, 5.41) is 0. The van der Waals surface area contributed by atoms with Crippen molar-refractivity contribution in [2.75, 3.05) is 33.4 Å². The smallest absolute Gasteiger partial charge is 0.0484 e. The minimum absolute atomic E-state index is 0.118. The van der Waals surface area contributed by atoms with Crippen LogP contribution in [0.15, 0.2) is 24.4 Å². The molecule has 0 saturated carbocycles. The van der Waals surface area contributed by atoms with Crippen LogP contribution in [0.5, 0.6) is 0 Å². The summed E-state index contributed by atoms with van der Waals surface area (Å²) >= 11 is 0. The predicted octanol–water partition coefficient (Wildman–Crippen LogP) is 1.06. The number of pyridine rings is 1. The Morgan fingerprint density at radius 3 is 2.78 bits per heavy atom. The van der Waals surface area contributed by atoms with E-state index in [-0.39, 0.29) is 5.54 Å². The molecule has 4 nitrogen and oxygen atoms in total. The SMILES string of the molecule is CN(CCc1ccccn1)C1(CN)CCOCC1. The average Bonchev–Trinajstić information content (AvgIpc) is 2.46. The first-order valence-electron chi connectivity index (χ1n) is 6.66.